The monoisotopic (exact) mass is 341 g/mol. The topological polar surface area (TPSA) is 96.5 Å². The van der Waals surface area contributed by atoms with Crippen molar-refractivity contribution < 1.29 is 19.2 Å². The number of benzene rings is 1. The van der Waals surface area contributed by atoms with Crippen LogP contribution in [0.5, 0.6) is 11.6 Å². The molecule has 1 aromatic carbocycles. The predicted octanol–water partition coefficient (Wildman–Crippen LogP) is 3.45. The number of rotatable bonds is 5. The number of pyridine rings is 1. The molecule has 3 aromatic rings. The van der Waals surface area contributed by atoms with Crippen molar-refractivity contribution in [1.82, 2.24) is 9.55 Å². The zero-order chi connectivity index (χ0) is 18.0. The summed E-state index contributed by atoms with van der Waals surface area (Å²) >= 11 is 0. The smallest absolute Gasteiger partial charge is 0.354 e. The third-order valence-electron chi connectivity index (χ3n) is 3.68. The Morgan fingerprint density at radius 1 is 1.32 bits per heavy atom. The molecule has 0 amide bonds. The fourth-order valence-electron chi connectivity index (χ4n) is 2.48. The highest BCUT2D eigenvalue weighted by molar-refractivity contribution is 5.97. The number of nitro groups is 1. The fourth-order valence-corrected chi connectivity index (χ4v) is 2.48. The summed E-state index contributed by atoms with van der Waals surface area (Å²) in [5.74, 6) is 0.297. The molecule has 8 nitrogen and oxygen atoms in total. The molecule has 0 aliphatic carbocycles. The minimum atomic E-state index is -0.527. The molecule has 0 aliphatic heterocycles. The van der Waals surface area contributed by atoms with Crippen molar-refractivity contribution in [2.75, 3.05) is 6.61 Å². The maximum atomic E-state index is 12.0. The Kier molecular flexibility index (Phi) is 4.34. The van der Waals surface area contributed by atoms with Crippen LogP contribution in [-0.2, 0) is 11.8 Å². The molecule has 0 aliphatic rings. The van der Waals surface area contributed by atoms with Crippen molar-refractivity contribution in [3.63, 3.8) is 0 Å². The van der Waals surface area contributed by atoms with Crippen molar-refractivity contribution in [1.29, 1.82) is 0 Å². The molecule has 0 unspecified atom stereocenters. The van der Waals surface area contributed by atoms with E-state index in [0.29, 0.717) is 16.8 Å². The third kappa shape index (κ3) is 3.14. The summed E-state index contributed by atoms with van der Waals surface area (Å²) in [5.41, 5.74) is 1.09. The Morgan fingerprint density at radius 2 is 2.12 bits per heavy atom. The van der Waals surface area contributed by atoms with Gasteiger partial charge in [0.15, 0.2) is 0 Å². The Bertz CT molecular complexity index is 947. The Balaban J connectivity index is 1.97. The summed E-state index contributed by atoms with van der Waals surface area (Å²) < 4.78 is 12.5. The van der Waals surface area contributed by atoms with E-state index in [2.05, 4.69) is 4.98 Å². The van der Waals surface area contributed by atoms with Gasteiger partial charge in [-0.2, -0.15) is 0 Å². The van der Waals surface area contributed by atoms with Crippen LogP contribution >= 0.6 is 0 Å². The normalized spacial score (nSPS) is 10.6. The number of carbonyl (C=O) groups is 1. The van der Waals surface area contributed by atoms with Crippen LogP contribution in [-0.4, -0.2) is 27.1 Å². The SMILES string of the molecule is CCOC(=O)c1cc2c(Oc3ccc([N+](=O)[O-])cn3)cccc2n1C. The lowest BCUT2D eigenvalue weighted by Crippen LogP contribution is -2.09. The van der Waals surface area contributed by atoms with E-state index in [4.69, 9.17) is 9.47 Å². The Hall–Kier alpha value is -3.42. The highest BCUT2D eigenvalue weighted by Gasteiger charge is 2.17. The van der Waals surface area contributed by atoms with E-state index in [1.54, 1.807) is 36.7 Å². The quantitative estimate of drug-likeness (QED) is 0.400. The fraction of sp³-hybridized carbons (Fsp3) is 0.176. The van der Waals surface area contributed by atoms with E-state index in [-0.39, 0.29) is 18.2 Å². The predicted molar refractivity (Wildman–Crippen MR) is 89.8 cm³/mol. The summed E-state index contributed by atoms with van der Waals surface area (Å²) in [4.78, 5) is 26.1. The molecular weight excluding hydrogens is 326 g/mol. The summed E-state index contributed by atoms with van der Waals surface area (Å²) in [6.45, 7) is 2.03. The molecule has 0 fully saturated rings. The Labute approximate surface area is 142 Å². The molecule has 2 heterocycles. The number of fused-ring (bicyclic) bond motifs is 1. The molecule has 0 atom stereocenters. The number of hydrogen-bond acceptors (Lipinski definition) is 6. The van der Waals surface area contributed by atoms with Crippen molar-refractivity contribution in [3.05, 3.63) is 58.4 Å². The van der Waals surface area contributed by atoms with Crippen molar-refractivity contribution in [2.24, 2.45) is 7.05 Å². The summed E-state index contributed by atoms with van der Waals surface area (Å²) in [6.07, 6.45) is 1.13. The number of hydrogen-bond donors (Lipinski definition) is 0. The van der Waals surface area contributed by atoms with Gasteiger partial charge in [0, 0.05) is 24.6 Å². The maximum absolute atomic E-state index is 12.0. The number of esters is 1. The molecule has 0 bridgehead atoms. The molecule has 0 N–H and O–H groups in total. The zero-order valence-corrected chi connectivity index (χ0v) is 13.6. The highest BCUT2D eigenvalue weighted by Crippen LogP contribution is 2.31. The lowest BCUT2D eigenvalue weighted by Gasteiger charge is -2.06. The molecule has 0 saturated carbocycles. The molecule has 0 spiro atoms. The van der Waals surface area contributed by atoms with Gasteiger partial charge in [-0.25, -0.2) is 9.78 Å². The van der Waals surface area contributed by atoms with Gasteiger partial charge in [0.25, 0.3) is 5.69 Å². The molecular formula is C17H15N3O5. The van der Waals surface area contributed by atoms with Gasteiger partial charge >= 0.3 is 5.97 Å². The van der Waals surface area contributed by atoms with Crippen LogP contribution < -0.4 is 4.74 Å². The summed E-state index contributed by atoms with van der Waals surface area (Å²) in [6, 6.07) is 9.81. The number of aryl methyl sites for hydroxylation is 1. The standard InChI is InChI=1S/C17H15N3O5/c1-3-24-17(21)14-9-12-13(19(14)2)5-4-6-15(12)25-16-8-7-11(10-18-16)20(22)23/h4-10H,3H2,1-2H3. The van der Waals surface area contributed by atoms with E-state index in [1.807, 2.05) is 6.07 Å². The summed E-state index contributed by atoms with van der Waals surface area (Å²) in [5, 5.41) is 11.4. The first-order chi connectivity index (χ1) is 12.0. The van der Waals surface area contributed by atoms with Crippen molar-refractivity contribution >= 4 is 22.6 Å². The van der Waals surface area contributed by atoms with E-state index < -0.39 is 10.9 Å². The van der Waals surface area contributed by atoms with Crippen LogP contribution in [0.2, 0.25) is 0 Å². The molecule has 128 valence electrons. The van der Waals surface area contributed by atoms with Crippen LogP contribution in [0.1, 0.15) is 17.4 Å². The van der Waals surface area contributed by atoms with E-state index in [0.717, 1.165) is 11.7 Å². The van der Waals surface area contributed by atoms with Gasteiger partial charge in [-0.1, -0.05) is 6.07 Å². The van der Waals surface area contributed by atoms with Crippen LogP contribution in [0, 0.1) is 10.1 Å². The van der Waals surface area contributed by atoms with Gasteiger partial charge in [0.1, 0.15) is 17.6 Å². The molecule has 0 saturated heterocycles. The first-order valence-electron chi connectivity index (χ1n) is 7.55. The van der Waals surface area contributed by atoms with Crippen LogP contribution in [0.4, 0.5) is 5.69 Å². The second-order valence-electron chi connectivity index (χ2n) is 5.21. The number of nitrogens with zero attached hydrogens (tertiary/aromatic N) is 3. The van der Waals surface area contributed by atoms with E-state index in [9.17, 15) is 14.9 Å². The largest absolute Gasteiger partial charge is 0.461 e. The average Bonchev–Trinajstić information content (AvgIpc) is 2.94. The molecule has 8 heteroatoms. The molecule has 2 aromatic heterocycles. The first-order valence-corrected chi connectivity index (χ1v) is 7.55. The zero-order valence-electron chi connectivity index (χ0n) is 13.6. The third-order valence-corrected chi connectivity index (χ3v) is 3.68. The van der Waals surface area contributed by atoms with Crippen LogP contribution in [0.25, 0.3) is 10.9 Å². The van der Waals surface area contributed by atoms with Gasteiger partial charge < -0.3 is 14.0 Å². The maximum Gasteiger partial charge on any atom is 0.354 e. The first kappa shape index (κ1) is 16.4. The second kappa shape index (κ2) is 6.60. The number of aromatic nitrogens is 2. The van der Waals surface area contributed by atoms with Crippen LogP contribution in [0.15, 0.2) is 42.6 Å². The lowest BCUT2D eigenvalue weighted by molar-refractivity contribution is -0.385. The van der Waals surface area contributed by atoms with Gasteiger partial charge in [-0.05, 0) is 25.1 Å². The summed E-state index contributed by atoms with van der Waals surface area (Å²) in [7, 11) is 1.77. The average molecular weight is 341 g/mol. The van der Waals surface area contributed by atoms with Gasteiger partial charge in [-0.15, -0.1) is 0 Å². The highest BCUT2D eigenvalue weighted by atomic mass is 16.6. The van der Waals surface area contributed by atoms with Crippen LogP contribution in [0.3, 0.4) is 0 Å². The van der Waals surface area contributed by atoms with Crippen molar-refractivity contribution in [3.8, 4) is 11.6 Å². The van der Waals surface area contributed by atoms with Gasteiger partial charge in [-0.3, -0.25) is 10.1 Å². The minimum absolute atomic E-state index is 0.116. The van der Waals surface area contributed by atoms with Crippen molar-refractivity contribution in [2.45, 2.75) is 6.92 Å². The second-order valence-corrected chi connectivity index (χ2v) is 5.21. The lowest BCUT2D eigenvalue weighted by atomic mass is 10.2. The molecule has 25 heavy (non-hydrogen) atoms. The van der Waals surface area contributed by atoms with Gasteiger partial charge in [0.05, 0.1) is 17.0 Å². The molecule has 0 radical (unpaired) electrons. The number of carbonyl (C=O) groups excluding carboxylic acids is 1. The van der Waals surface area contributed by atoms with Gasteiger partial charge in [0.2, 0.25) is 5.88 Å². The Morgan fingerprint density at radius 3 is 2.76 bits per heavy atom. The van der Waals surface area contributed by atoms with E-state index in [1.165, 1.54) is 12.1 Å². The molecule has 3 rings (SSSR count). The van der Waals surface area contributed by atoms with E-state index >= 15 is 0 Å². The minimum Gasteiger partial charge on any atom is -0.461 e. The number of ether oxygens (including phenoxy) is 2.